The fraction of sp³-hybridized carbons (Fsp3) is 0.167. The van der Waals surface area contributed by atoms with E-state index >= 15 is 0 Å². The average Bonchev–Trinajstić information content (AvgIpc) is 2.29. The summed E-state index contributed by atoms with van der Waals surface area (Å²) in [6.45, 7) is 2.08. The van der Waals surface area contributed by atoms with E-state index in [0.717, 1.165) is 11.1 Å². The molecule has 0 aliphatic heterocycles. The van der Waals surface area contributed by atoms with E-state index in [-0.39, 0.29) is 5.82 Å². The van der Waals surface area contributed by atoms with Crippen LogP contribution in [0.5, 0.6) is 0 Å². The van der Waals surface area contributed by atoms with Crippen molar-refractivity contribution in [2.75, 3.05) is 0 Å². The molecule has 18 heavy (non-hydrogen) atoms. The zero-order chi connectivity index (χ0) is 13.3. The number of hydrogen-bond acceptors (Lipinski definition) is 2. The highest BCUT2D eigenvalue weighted by Gasteiger charge is 2.05. The van der Waals surface area contributed by atoms with Gasteiger partial charge in [0.05, 0.1) is 10.1 Å². The fourth-order valence-corrected chi connectivity index (χ4v) is 2.09. The molecule has 4 nitrogen and oxygen atoms in total. The Bertz CT molecular complexity index is 706. The van der Waals surface area contributed by atoms with Gasteiger partial charge in [-0.05, 0) is 52.8 Å². The van der Waals surface area contributed by atoms with Crippen LogP contribution in [-0.4, -0.2) is 9.55 Å². The van der Waals surface area contributed by atoms with E-state index < -0.39 is 11.2 Å². The summed E-state index contributed by atoms with van der Waals surface area (Å²) < 4.78 is 14.8. The van der Waals surface area contributed by atoms with Crippen molar-refractivity contribution in [3.8, 4) is 0 Å². The van der Waals surface area contributed by atoms with E-state index in [9.17, 15) is 14.0 Å². The van der Waals surface area contributed by atoms with Crippen molar-refractivity contribution in [3.05, 3.63) is 65.7 Å². The van der Waals surface area contributed by atoms with Crippen LogP contribution in [0.15, 0.2) is 34.0 Å². The highest BCUT2D eigenvalue weighted by atomic mass is 127. The third-order valence-corrected chi connectivity index (χ3v) is 3.38. The molecule has 2 rings (SSSR count). The van der Waals surface area contributed by atoms with Crippen molar-refractivity contribution < 1.29 is 4.39 Å². The van der Waals surface area contributed by atoms with Crippen LogP contribution in [0.3, 0.4) is 0 Å². The summed E-state index contributed by atoms with van der Waals surface area (Å²) in [6.07, 6.45) is 1.49. The Hall–Kier alpha value is -1.44. The van der Waals surface area contributed by atoms with E-state index in [1.54, 1.807) is 13.0 Å². The molecule has 0 aliphatic rings. The molecule has 0 spiro atoms. The van der Waals surface area contributed by atoms with Crippen molar-refractivity contribution in [3.63, 3.8) is 0 Å². The molecule has 0 aliphatic carbocycles. The number of halogens is 2. The molecular weight excluding hydrogens is 350 g/mol. The zero-order valence-electron chi connectivity index (χ0n) is 9.54. The second-order valence-electron chi connectivity index (χ2n) is 3.94. The van der Waals surface area contributed by atoms with E-state index in [1.165, 1.54) is 22.9 Å². The van der Waals surface area contributed by atoms with Crippen LogP contribution in [-0.2, 0) is 6.54 Å². The van der Waals surface area contributed by atoms with Crippen LogP contribution < -0.4 is 11.2 Å². The molecule has 1 N–H and O–H groups in total. The Balaban J connectivity index is 2.43. The van der Waals surface area contributed by atoms with E-state index in [4.69, 9.17) is 0 Å². The topological polar surface area (TPSA) is 54.9 Å². The highest BCUT2D eigenvalue weighted by molar-refractivity contribution is 14.1. The van der Waals surface area contributed by atoms with Crippen LogP contribution in [0.1, 0.15) is 11.1 Å². The van der Waals surface area contributed by atoms with Crippen LogP contribution in [0.2, 0.25) is 0 Å². The lowest BCUT2D eigenvalue weighted by Gasteiger charge is -2.08. The molecule has 0 atom stereocenters. The van der Waals surface area contributed by atoms with E-state index in [0.29, 0.717) is 10.1 Å². The van der Waals surface area contributed by atoms with Gasteiger partial charge in [0.25, 0.3) is 5.56 Å². The molecule has 0 bridgehead atoms. The monoisotopic (exact) mass is 360 g/mol. The second-order valence-corrected chi connectivity index (χ2v) is 5.10. The van der Waals surface area contributed by atoms with Gasteiger partial charge in [0.15, 0.2) is 0 Å². The first-order valence-corrected chi connectivity index (χ1v) is 6.29. The molecule has 6 heteroatoms. The molecule has 94 valence electrons. The summed E-state index contributed by atoms with van der Waals surface area (Å²) in [7, 11) is 0. The number of nitrogens with zero attached hydrogens (tertiary/aromatic N) is 1. The third kappa shape index (κ3) is 2.69. The standard InChI is InChI=1S/C12H10FIN2O2/c1-7-4-9(13)3-2-8(7)5-16-6-10(14)11(17)15-12(16)18/h2-4,6H,5H2,1H3,(H,15,17,18). The molecule has 0 amide bonds. The Morgan fingerprint density at radius 2 is 2.11 bits per heavy atom. The van der Waals surface area contributed by atoms with Gasteiger partial charge in [-0.25, -0.2) is 9.18 Å². The summed E-state index contributed by atoms with van der Waals surface area (Å²) in [5.74, 6) is -0.306. The quantitative estimate of drug-likeness (QED) is 0.828. The molecule has 1 aromatic carbocycles. The summed E-state index contributed by atoms with van der Waals surface area (Å²) in [5, 5.41) is 0. The Morgan fingerprint density at radius 1 is 1.39 bits per heavy atom. The lowest BCUT2D eigenvalue weighted by Crippen LogP contribution is -2.31. The lowest BCUT2D eigenvalue weighted by molar-refractivity contribution is 0.623. The van der Waals surface area contributed by atoms with Crippen LogP contribution in [0.25, 0.3) is 0 Å². The number of H-pyrrole nitrogens is 1. The molecule has 2 aromatic rings. The first kappa shape index (κ1) is 13.0. The van der Waals surface area contributed by atoms with Crippen LogP contribution in [0.4, 0.5) is 4.39 Å². The molecule has 0 fully saturated rings. The van der Waals surface area contributed by atoms with E-state index in [2.05, 4.69) is 4.98 Å². The normalized spacial score (nSPS) is 10.6. The first-order chi connectivity index (χ1) is 8.47. The molecule has 0 unspecified atom stereocenters. The minimum atomic E-state index is -0.468. The summed E-state index contributed by atoms with van der Waals surface area (Å²) in [5.41, 5.74) is 0.737. The van der Waals surface area contributed by atoms with Crippen LogP contribution >= 0.6 is 22.6 Å². The maximum Gasteiger partial charge on any atom is 0.328 e. The van der Waals surface area contributed by atoms with Gasteiger partial charge in [0, 0.05) is 6.20 Å². The van der Waals surface area contributed by atoms with Crippen molar-refractivity contribution in [1.29, 1.82) is 0 Å². The summed E-state index contributed by atoms with van der Waals surface area (Å²) in [4.78, 5) is 25.1. The SMILES string of the molecule is Cc1cc(F)ccc1Cn1cc(I)c(=O)[nH]c1=O. The summed E-state index contributed by atoms with van der Waals surface area (Å²) in [6, 6.07) is 4.40. The lowest BCUT2D eigenvalue weighted by atomic mass is 10.1. The number of aromatic amines is 1. The van der Waals surface area contributed by atoms with Gasteiger partial charge in [-0.1, -0.05) is 6.07 Å². The van der Waals surface area contributed by atoms with Gasteiger partial charge in [-0.3, -0.25) is 14.3 Å². The zero-order valence-corrected chi connectivity index (χ0v) is 11.7. The molecule has 0 saturated heterocycles. The number of rotatable bonds is 2. The van der Waals surface area contributed by atoms with Crippen LogP contribution in [0, 0.1) is 16.3 Å². The second kappa shape index (κ2) is 5.05. The number of aromatic nitrogens is 2. The number of aryl methyl sites for hydroxylation is 1. The van der Waals surface area contributed by atoms with Gasteiger partial charge in [0.1, 0.15) is 5.82 Å². The maximum atomic E-state index is 13.0. The van der Waals surface area contributed by atoms with Gasteiger partial charge >= 0.3 is 5.69 Å². The van der Waals surface area contributed by atoms with Gasteiger partial charge in [-0.15, -0.1) is 0 Å². The largest absolute Gasteiger partial charge is 0.328 e. The Kier molecular flexibility index (Phi) is 3.65. The molecule has 0 radical (unpaired) electrons. The predicted octanol–water partition coefficient (Wildman–Crippen LogP) is 1.64. The van der Waals surface area contributed by atoms with Crippen molar-refractivity contribution >= 4 is 22.6 Å². The van der Waals surface area contributed by atoms with Crippen molar-refractivity contribution in [2.45, 2.75) is 13.5 Å². The van der Waals surface area contributed by atoms with E-state index in [1.807, 2.05) is 22.6 Å². The van der Waals surface area contributed by atoms with Gasteiger partial charge in [0.2, 0.25) is 0 Å². The first-order valence-electron chi connectivity index (χ1n) is 5.21. The molecular formula is C12H10FIN2O2. The summed E-state index contributed by atoms with van der Waals surface area (Å²) >= 11 is 1.86. The van der Waals surface area contributed by atoms with Crippen molar-refractivity contribution in [1.82, 2.24) is 9.55 Å². The average molecular weight is 360 g/mol. The van der Waals surface area contributed by atoms with Gasteiger partial charge in [-0.2, -0.15) is 0 Å². The predicted molar refractivity (Wildman–Crippen MR) is 74.3 cm³/mol. The molecule has 0 saturated carbocycles. The molecule has 1 heterocycles. The highest BCUT2D eigenvalue weighted by Crippen LogP contribution is 2.11. The number of hydrogen-bond donors (Lipinski definition) is 1. The van der Waals surface area contributed by atoms with Crippen molar-refractivity contribution in [2.24, 2.45) is 0 Å². The van der Waals surface area contributed by atoms with Gasteiger partial charge < -0.3 is 0 Å². The maximum absolute atomic E-state index is 13.0. The minimum Gasteiger partial charge on any atom is -0.295 e. The third-order valence-electron chi connectivity index (χ3n) is 2.61. The Labute approximate surface area is 116 Å². The Morgan fingerprint density at radius 3 is 2.78 bits per heavy atom. The minimum absolute atomic E-state index is 0.303. The number of benzene rings is 1. The molecule has 1 aromatic heterocycles. The fourth-order valence-electron chi connectivity index (χ4n) is 1.62. The smallest absolute Gasteiger partial charge is 0.295 e. The number of nitrogens with one attached hydrogen (secondary N) is 1.